The highest BCUT2D eigenvalue weighted by molar-refractivity contribution is 6.05. The molecule has 0 aromatic carbocycles. The minimum atomic E-state index is -0.172. The third-order valence-corrected chi connectivity index (χ3v) is 1.91. The molecule has 0 aromatic heterocycles. The normalized spacial score (nSPS) is 24.7. The summed E-state index contributed by atoms with van der Waals surface area (Å²) >= 11 is 0. The molecule has 0 aromatic rings. The molecule has 1 rings (SSSR count). The van der Waals surface area contributed by atoms with Crippen LogP contribution >= 0.6 is 0 Å². The second-order valence-corrected chi connectivity index (χ2v) is 3.12. The molecular formula is C7H13N3O. The van der Waals surface area contributed by atoms with Gasteiger partial charge in [0.1, 0.15) is 5.84 Å². The maximum Gasteiger partial charge on any atom is 0.323 e. The van der Waals surface area contributed by atoms with Crippen molar-refractivity contribution < 1.29 is 4.79 Å². The van der Waals surface area contributed by atoms with Crippen molar-refractivity contribution in [3.8, 4) is 0 Å². The van der Waals surface area contributed by atoms with Gasteiger partial charge in [-0.3, -0.25) is 10.3 Å². The Morgan fingerprint density at radius 3 is 2.36 bits per heavy atom. The van der Waals surface area contributed by atoms with E-state index in [0.717, 1.165) is 0 Å². The van der Waals surface area contributed by atoms with Gasteiger partial charge in [-0.25, -0.2) is 4.79 Å². The zero-order chi connectivity index (χ0) is 8.59. The zero-order valence-electron chi connectivity index (χ0n) is 7.01. The molecule has 0 saturated carbocycles. The fraction of sp³-hybridized carbons (Fsp3) is 0.714. The topological polar surface area (TPSA) is 56.2 Å². The van der Waals surface area contributed by atoms with Crippen LogP contribution in [0.2, 0.25) is 0 Å². The summed E-state index contributed by atoms with van der Waals surface area (Å²) in [6.07, 6.45) is 0. The number of nitrogens with one attached hydrogen (secondary N) is 2. The van der Waals surface area contributed by atoms with Crippen molar-refractivity contribution in [1.29, 1.82) is 5.41 Å². The average molecular weight is 155 g/mol. The summed E-state index contributed by atoms with van der Waals surface area (Å²) in [6, 6.07) is -0.277. The molecule has 0 aliphatic carbocycles. The summed E-state index contributed by atoms with van der Waals surface area (Å²) in [5.74, 6) is 0.654. The van der Waals surface area contributed by atoms with Crippen molar-refractivity contribution in [3.63, 3.8) is 0 Å². The van der Waals surface area contributed by atoms with Crippen LogP contribution in [0.3, 0.4) is 0 Å². The predicted octanol–water partition coefficient (Wildman–Crippen LogP) is 0.643. The molecule has 1 atom stereocenters. The Balaban J connectivity index is 2.75. The first kappa shape index (κ1) is 8.04. The molecule has 1 fully saturated rings. The molecule has 2 N–H and O–H groups in total. The van der Waals surface area contributed by atoms with Crippen LogP contribution in [0.1, 0.15) is 13.8 Å². The van der Waals surface area contributed by atoms with Crippen molar-refractivity contribution in [1.82, 2.24) is 10.2 Å². The van der Waals surface area contributed by atoms with Gasteiger partial charge in [0, 0.05) is 7.05 Å². The van der Waals surface area contributed by atoms with Gasteiger partial charge in [0.05, 0.1) is 6.04 Å². The molecule has 0 radical (unpaired) electrons. The minimum Gasteiger partial charge on any atom is -0.327 e. The molecule has 1 aliphatic rings. The van der Waals surface area contributed by atoms with Gasteiger partial charge in [0.25, 0.3) is 0 Å². The van der Waals surface area contributed by atoms with Crippen LogP contribution in [0.4, 0.5) is 4.79 Å². The molecule has 2 amide bonds. The number of amides is 2. The molecule has 0 bridgehead atoms. The van der Waals surface area contributed by atoms with Crippen LogP contribution in [0, 0.1) is 11.3 Å². The van der Waals surface area contributed by atoms with Gasteiger partial charge < -0.3 is 5.32 Å². The first-order valence-corrected chi connectivity index (χ1v) is 3.66. The minimum absolute atomic E-state index is 0.104. The quantitative estimate of drug-likeness (QED) is 0.573. The molecular weight excluding hydrogens is 142 g/mol. The lowest BCUT2D eigenvalue weighted by Crippen LogP contribution is -2.33. The van der Waals surface area contributed by atoms with Crippen molar-refractivity contribution in [3.05, 3.63) is 0 Å². The fourth-order valence-electron chi connectivity index (χ4n) is 1.10. The summed E-state index contributed by atoms with van der Waals surface area (Å²) in [6.45, 7) is 3.97. The standard InChI is InChI=1S/C7H13N3O/c1-4(2)5-6(8)10(3)7(11)9-5/h4-5,8H,1-3H3,(H,9,11). The van der Waals surface area contributed by atoms with E-state index in [1.165, 1.54) is 4.90 Å². The highest BCUT2D eigenvalue weighted by Crippen LogP contribution is 2.11. The monoisotopic (exact) mass is 155 g/mol. The van der Waals surface area contributed by atoms with Gasteiger partial charge in [-0.2, -0.15) is 0 Å². The van der Waals surface area contributed by atoms with E-state index in [9.17, 15) is 4.79 Å². The Morgan fingerprint density at radius 1 is 1.64 bits per heavy atom. The van der Waals surface area contributed by atoms with E-state index in [1.807, 2.05) is 13.8 Å². The van der Waals surface area contributed by atoms with Crippen LogP contribution in [0.15, 0.2) is 0 Å². The largest absolute Gasteiger partial charge is 0.327 e. The van der Waals surface area contributed by atoms with Crippen molar-refractivity contribution in [2.24, 2.45) is 5.92 Å². The number of rotatable bonds is 1. The Kier molecular flexibility index (Phi) is 1.85. The Hall–Kier alpha value is -1.06. The van der Waals surface area contributed by atoms with Gasteiger partial charge in [0.2, 0.25) is 0 Å². The first-order valence-electron chi connectivity index (χ1n) is 3.66. The Bertz CT molecular complexity index is 200. The van der Waals surface area contributed by atoms with E-state index in [4.69, 9.17) is 5.41 Å². The lowest BCUT2D eigenvalue weighted by atomic mass is 10.0. The Morgan fingerprint density at radius 2 is 2.18 bits per heavy atom. The maximum absolute atomic E-state index is 11.0. The van der Waals surface area contributed by atoms with Gasteiger partial charge >= 0.3 is 6.03 Å². The smallest absolute Gasteiger partial charge is 0.323 e. The second-order valence-electron chi connectivity index (χ2n) is 3.12. The first-order chi connectivity index (χ1) is 5.04. The lowest BCUT2D eigenvalue weighted by Gasteiger charge is -2.13. The van der Waals surface area contributed by atoms with E-state index >= 15 is 0 Å². The van der Waals surface area contributed by atoms with E-state index in [2.05, 4.69) is 5.32 Å². The number of urea groups is 1. The Labute approximate surface area is 66.1 Å². The van der Waals surface area contributed by atoms with Crippen LogP contribution in [-0.2, 0) is 0 Å². The van der Waals surface area contributed by atoms with Crippen LogP contribution in [0.25, 0.3) is 0 Å². The average Bonchev–Trinajstić information content (AvgIpc) is 2.17. The second kappa shape index (κ2) is 2.53. The van der Waals surface area contributed by atoms with Gasteiger partial charge in [-0.1, -0.05) is 13.8 Å². The molecule has 62 valence electrons. The number of hydrogen-bond acceptors (Lipinski definition) is 2. The summed E-state index contributed by atoms with van der Waals surface area (Å²) < 4.78 is 0. The number of nitrogens with zero attached hydrogens (tertiary/aromatic N) is 1. The number of likely N-dealkylation sites (N-methyl/N-ethyl adjacent to an activating group) is 1. The fourth-order valence-corrected chi connectivity index (χ4v) is 1.10. The molecule has 0 spiro atoms. The van der Waals surface area contributed by atoms with Crippen molar-refractivity contribution >= 4 is 11.9 Å². The van der Waals surface area contributed by atoms with Crippen LogP contribution < -0.4 is 5.32 Å². The van der Waals surface area contributed by atoms with Crippen LogP contribution in [-0.4, -0.2) is 29.9 Å². The third kappa shape index (κ3) is 1.20. The van der Waals surface area contributed by atoms with Crippen molar-refractivity contribution in [2.75, 3.05) is 7.05 Å². The van der Waals surface area contributed by atoms with E-state index < -0.39 is 0 Å². The third-order valence-electron chi connectivity index (χ3n) is 1.91. The number of carbonyl (C=O) groups is 1. The highest BCUT2D eigenvalue weighted by atomic mass is 16.2. The summed E-state index contributed by atoms with van der Waals surface area (Å²) in [4.78, 5) is 12.3. The zero-order valence-corrected chi connectivity index (χ0v) is 7.01. The van der Waals surface area contributed by atoms with E-state index in [0.29, 0.717) is 5.84 Å². The van der Waals surface area contributed by atoms with E-state index in [-0.39, 0.29) is 18.0 Å². The SMILES string of the molecule is CC(C)C1NC(=O)N(C)C1=N. The van der Waals surface area contributed by atoms with Gasteiger partial charge in [-0.05, 0) is 5.92 Å². The maximum atomic E-state index is 11.0. The molecule has 4 heteroatoms. The number of amidine groups is 1. The highest BCUT2D eigenvalue weighted by Gasteiger charge is 2.33. The van der Waals surface area contributed by atoms with Gasteiger partial charge in [0.15, 0.2) is 0 Å². The number of hydrogen-bond donors (Lipinski definition) is 2. The lowest BCUT2D eigenvalue weighted by molar-refractivity contribution is 0.231. The summed E-state index contributed by atoms with van der Waals surface area (Å²) in [7, 11) is 1.61. The van der Waals surface area contributed by atoms with Crippen LogP contribution in [0.5, 0.6) is 0 Å². The van der Waals surface area contributed by atoms with E-state index in [1.54, 1.807) is 7.05 Å². The number of carbonyl (C=O) groups excluding carboxylic acids is 1. The molecule has 4 nitrogen and oxygen atoms in total. The molecule has 1 heterocycles. The summed E-state index contributed by atoms with van der Waals surface area (Å²) in [5.41, 5.74) is 0. The predicted molar refractivity (Wildman–Crippen MR) is 42.6 cm³/mol. The van der Waals surface area contributed by atoms with Crippen molar-refractivity contribution in [2.45, 2.75) is 19.9 Å². The van der Waals surface area contributed by atoms with Gasteiger partial charge in [-0.15, -0.1) is 0 Å². The molecule has 1 aliphatic heterocycles. The molecule has 1 unspecified atom stereocenters. The molecule has 1 saturated heterocycles. The summed E-state index contributed by atoms with van der Waals surface area (Å²) in [5, 5.41) is 10.2. The molecule has 11 heavy (non-hydrogen) atoms.